The molecule has 0 spiro atoms. The van der Waals surface area contributed by atoms with Crippen molar-refractivity contribution < 1.29 is 34.3 Å². The highest BCUT2D eigenvalue weighted by molar-refractivity contribution is 5.26. The van der Waals surface area contributed by atoms with Gasteiger partial charge in [0, 0.05) is 0 Å². The van der Waals surface area contributed by atoms with Crippen LogP contribution in [0.1, 0.15) is 5.56 Å². The molecule has 1 saturated heterocycles. The van der Waals surface area contributed by atoms with Crippen LogP contribution >= 0.6 is 0 Å². The van der Waals surface area contributed by atoms with E-state index < -0.39 is 30.7 Å². The third kappa shape index (κ3) is 4.76. The van der Waals surface area contributed by atoms with Crippen LogP contribution in [0.5, 0.6) is 5.75 Å². The van der Waals surface area contributed by atoms with Gasteiger partial charge in [-0.3, -0.25) is 0 Å². The van der Waals surface area contributed by atoms with Crippen molar-refractivity contribution in [2.75, 3.05) is 20.3 Å². The van der Waals surface area contributed by atoms with Gasteiger partial charge in [0.1, 0.15) is 30.2 Å². The zero-order valence-corrected chi connectivity index (χ0v) is 13.6. The first-order valence-electron chi connectivity index (χ1n) is 7.69. The fraction of sp³-hybridized carbons (Fsp3) is 0.529. The molecule has 0 amide bonds. The summed E-state index contributed by atoms with van der Waals surface area (Å²) < 4.78 is 21.1. The third-order valence-electron chi connectivity index (χ3n) is 3.78. The van der Waals surface area contributed by atoms with Gasteiger partial charge in [-0.1, -0.05) is 18.2 Å². The quantitative estimate of drug-likeness (QED) is 0.583. The maximum atomic E-state index is 10.3. The zero-order valence-electron chi connectivity index (χ0n) is 13.6. The Bertz CT molecular complexity index is 504. The molecule has 1 aliphatic rings. The van der Waals surface area contributed by atoms with Crippen LogP contribution in [0.2, 0.25) is 0 Å². The lowest BCUT2D eigenvalue weighted by Gasteiger charge is -2.40. The van der Waals surface area contributed by atoms with Gasteiger partial charge in [-0.05, 0) is 17.7 Å². The van der Waals surface area contributed by atoms with Crippen molar-refractivity contribution in [3.8, 4) is 5.75 Å². The topological polar surface area (TPSA) is 97.6 Å². The number of aliphatic hydroxyl groups is 3. The molecule has 24 heavy (non-hydrogen) atoms. The number of rotatable bonds is 8. The van der Waals surface area contributed by atoms with Crippen LogP contribution < -0.4 is 4.74 Å². The first-order chi connectivity index (χ1) is 11.6. The molecule has 1 aliphatic heterocycles. The Hall–Kier alpha value is -1.48. The summed E-state index contributed by atoms with van der Waals surface area (Å²) in [5.74, 6) is 0.754. The SMILES string of the molecule is C=CCO[C@@H]1[C@@H](O)[C@H](O)O[C@H](COCc2ccc(OC)cc2)[C@H]1O. The summed E-state index contributed by atoms with van der Waals surface area (Å²) >= 11 is 0. The van der Waals surface area contributed by atoms with Crippen LogP contribution in [0.3, 0.4) is 0 Å². The highest BCUT2D eigenvalue weighted by atomic mass is 16.7. The molecule has 0 bridgehead atoms. The molecule has 0 aromatic heterocycles. The van der Waals surface area contributed by atoms with E-state index in [1.807, 2.05) is 24.3 Å². The van der Waals surface area contributed by atoms with Crippen LogP contribution in [0.25, 0.3) is 0 Å². The molecule has 1 fully saturated rings. The average molecular weight is 340 g/mol. The van der Waals surface area contributed by atoms with Crippen LogP contribution in [-0.2, 0) is 20.8 Å². The average Bonchev–Trinajstić information content (AvgIpc) is 2.60. The van der Waals surface area contributed by atoms with Crippen LogP contribution in [0.15, 0.2) is 36.9 Å². The number of hydrogen-bond acceptors (Lipinski definition) is 7. The van der Waals surface area contributed by atoms with Crippen molar-refractivity contribution in [2.24, 2.45) is 0 Å². The Labute approximate surface area is 141 Å². The lowest BCUT2D eigenvalue weighted by molar-refractivity contribution is -0.295. The van der Waals surface area contributed by atoms with E-state index in [1.54, 1.807) is 7.11 Å². The molecule has 2 rings (SSSR count). The predicted molar refractivity (Wildman–Crippen MR) is 85.5 cm³/mol. The number of aliphatic hydroxyl groups excluding tert-OH is 3. The van der Waals surface area contributed by atoms with Crippen LogP contribution in [-0.4, -0.2) is 66.3 Å². The summed E-state index contributed by atoms with van der Waals surface area (Å²) in [4.78, 5) is 0. The Balaban J connectivity index is 1.86. The summed E-state index contributed by atoms with van der Waals surface area (Å²) in [6.07, 6.45) is -4.19. The van der Waals surface area contributed by atoms with Gasteiger partial charge >= 0.3 is 0 Å². The molecular weight excluding hydrogens is 316 g/mol. The van der Waals surface area contributed by atoms with Crippen molar-refractivity contribution in [1.82, 2.24) is 0 Å². The zero-order chi connectivity index (χ0) is 17.5. The summed E-state index contributed by atoms with van der Waals surface area (Å²) in [5, 5.41) is 29.9. The summed E-state index contributed by atoms with van der Waals surface area (Å²) in [7, 11) is 1.60. The standard InChI is InChI=1S/C17H24O7/c1-3-8-23-16-14(18)13(24-17(20)15(16)19)10-22-9-11-4-6-12(21-2)7-5-11/h3-7,13-20H,1,8-10H2,2H3/t13-,14-,15-,16+,17-/m1/s1. The minimum atomic E-state index is -1.45. The molecule has 0 saturated carbocycles. The number of methoxy groups -OCH3 is 1. The van der Waals surface area contributed by atoms with Gasteiger partial charge in [0.15, 0.2) is 6.29 Å². The van der Waals surface area contributed by atoms with E-state index in [2.05, 4.69) is 6.58 Å². The van der Waals surface area contributed by atoms with Gasteiger partial charge in [-0.2, -0.15) is 0 Å². The summed E-state index contributed by atoms with van der Waals surface area (Å²) in [6.45, 7) is 4.02. The Morgan fingerprint density at radius 1 is 1.17 bits per heavy atom. The van der Waals surface area contributed by atoms with Crippen molar-refractivity contribution in [3.63, 3.8) is 0 Å². The van der Waals surface area contributed by atoms with Gasteiger partial charge in [0.05, 0.1) is 26.9 Å². The first-order valence-corrected chi connectivity index (χ1v) is 7.69. The molecule has 7 nitrogen and oxygen atoms in total. The monoisotopic (exact) mass is 340 g/mol. The smallest absolute Gasteiger partial charge is 0.184 e. The Kier molecular flexibility index (Phi) is 7.16. The van der Waals surface area contributed by atoms with Crippen molar-refractivity contribution in [1.29, 1.82) is 0 Å². The molecule has 0 aliphatic carbocycles. The molecule has 1 aromatic rings. The molecule has 0 radical (unpaired) electrons. The third-order valence-corrected chi connectivity index (χ3v) is 3.78. The second kappa shape index (κ2) is 9.12. The minimum absolute atomic E-state index is 0.0466. The first kappa shape index (κ1) is 18.9. The van der Waals surface area contributed by atoms with Gasteiger partial charge < -0.3 is 34.3 Å². The number of ether oxygens (including phenoxy) is 4. The van der Waals surface area contributed by atoms with E-state index in [0.717, 1.165) is 11.3 Å². The molecule has 7 heteroatoms. The fourth-order valence-corrected chi connectivity index (χ4v) is 2.44. The van der Waals surface area contributed by atoms with Crippen LogP contribution in [0, 0.1) is 0 Å². The lowest BCUT2D eigenvalue weighted by Crippen LogP contribution is -2.59. The molecular formula is C17H24O7. The predicted octanol–water partition coefficient (Wildman–Crippen LogP) is 0.222. The van der Waals surface area contributed by atoms with E-state index >= 15 is 0 Å². The van der Waals surface area contributed by atoms with Crippen molar-refractivity contribution >= 4 is 0 Å². The molecule has 134 valence electrons. The Morgan fingerprint density at radius 3 is 2.50 bits per heavy atom. The van der Waals surface area contributed by atoms with Gasteiger partial charge in [-0.15, -0.1) is 6.58 Å². The lowest BCUT2D eigenvalue weighted by atomic mass is 9.99. The second-order valence-corrected chi connectivity index (χ2v) is 5.50. The fourth-order valence-electron chi connectivity index (χ4n) is 2.44. The minimum Gasteiger partial charge on any atom is -0.497 e. The van der Waals surface area contributed by atoms with Crippen LogP contribution in [0.4, 0.5) is 0 Å². The van der Waals surface area contributed by atoms with Crippen molar-refractivity contribution in [2.45, 2.75) is 37.3 Å². The second-order valence-electron chi connectivity index (χ2n) is 5.50. The van der Waals surface area contributed by atoms with E-state index in [0.29, 0.717) is 6.61 Å². The summed E-state index contributed by atoms with van der Waals surface area (Å²) in [6, 6.07) is 7.38. The van der Waals surface area contributed by atoms with Gasteiger partial charge in [-0.25, -0.2) is 0 Å². The maximum absolute atomic E-state index is 10.3. The molecule has 3 N–H and O–H groups in total. The van der Waals surface area contributed by atoms with Crippen molar-refractivity contribution in [3.05, 3.63) is 42.5 Å². The molecule has 5 atom stereocenters. The number of benzene rings is 1. The number of hydrogen-bond donors (Lipinski definition) is 3. The normalized spacial score (nSPS) is 30.1. The summed E-state index contributed by atoms with van der Waals surface area (Å²) in [5.41, 5.74) is 0.932. The highest BCUT2D eigenvalue weighted by Crippen LogP contribution is 2.23. The van der Waals surface area contributed by atoms with Gasteiger partial charge in [0.25, 0.3) is 0 Å². The molecule has 1 heterocycles. The van der Waals surface area contributed by atoms with E-state index in [-0.39, 0.29) is 13.2 Å². The maximum Gasteiger partial charge on any atom is 0.184 e. The highest BCUT2D eigenvalue weighted by Gasteiger charge is 2.44. The van der Waals surface area contributed by atoms with E-state index in [4.69, 9.17) is 18.9 Å². The largest absolute Gasteiger partial charge is 0.497 e. The Morgan fingerprint density at radius 2 is 1.88 bits per heavy atom. The molecule has 0 unspecified atom stereocenters. The molecule has 1 aromatic carbocycles. The van der Waals surface area contributed by atoms with E-state index in [1.165, 1.54) is 6.08 Å². The van der Waals surface area contributed by atoms with E-state index in [9.17, 15) is 15.3 Å². The van der Waals surface area contributed by atoms with Gasteiger partial charge in [0.2, 0.25) is 0 Å².